The predicted molar refractivity (Wildman–Crippen MR) is 82.7 cm³/mol. The van der Waals surface area contributed by atoms with Crippen LogP contribution in [0.1, 0.15) is 46.6 Å². The summed E-state index contributed by atoms with van der Waals surface area (Å²) in [6, 6.07) is 6.18. The van der Waals surface area contributed by atoms with Crippen LogP contribution in [0.25, 0.3) is 0 Å². The average molecular weight is 277 g/mol. The van der Waals surface area contributed by atoms with Gasteiger partial charge in [-0.2, -0.15) is 0 Å². The van der Waals surface area contributed by atoms with Gasteiger partial charge in [0.1, 0.15) is 11.2 Å². The van der Waals surface area contributed by atoms with E-state index in [4.69, 9.17) is 9.47 Å². The minimum Gasteiger partial charge on any atom is -0.483 e. The maximum absolute atomic E-state index is 6.20. The first-order valence-corrected chi connectivity index (χ1v) is 7.54. The monoisotopic (exact) mass is 277 g/mol. The van der Waals surface area contributed by atoms with Gasteiger partial charge < -0.3 is 14.8 Å². The maximum Gasteiger partial charge on any atom is 0.165 e. The van der Waals surface area contributed by atoms with Crippen molar-refractivity contribution in [3.05, 3.63) is 23.8 Å². The quantitative estimate of drug-likeness (QED) is 0.807. The standard InChI is InChI=1S/C17H27NO2/c1-6-10-18-12-17(4,5)19-14-9-7-8-13-11-16(2,3)20-15(13)14/h7-9,18H,6,10-12H2,1-5H3. The molecule has 0 radical (unpaired) electrons. The minimum atomic E-state index is -0.250. The van der Waals surface area contributed by atoms with E-state index >= 15 is 0 Å². The molecule has 0 aliphatic carbocycles. The van der Waals surface area contributed by atoms with E-state index < -0.39 is 0 Å². The van der Waals surface area contributed by atoms with Crippen LogP contribution in [0.4, 0.5) is 0 Å². The van der Waals surface area contributed by atoms with Crippen LogP contribution < -0.4 is 14.8 Å². The first kappa shape index (κ1) is 15.2. The number of hydrogen-bond acceptors (Lipinski definition) is 3. The van der Waals surface area contributed by atoms with Crippen molar-refractivity contribution in [3.63, 3.8) is 0 Å². The molecule has 0 saturated carbocycles. The van der Waals surface area contributed by atoms with Crippen molar-refractivity contribution in [2.75, 3.05) is 13.1 Å². The molecule has 0 unspecified atom stereocenters. The lowest BCUT2D eigenvalue weighted by Crippen LogP contribution is -2.40. The lowest BCUT2D eigenvalue weighted by atomic mass is 10.0. The molecule has 0 fully saturated rings. The highest BCUT2D eigenvalue weighted by atomic mass is 16.5. The summed E-state index contributed by atoms with van der Waals surface area (Å²) >= 11 is 0. The van der Waals surface area contributed by atoms with E-state index in [1.54, 1.807) is 0 Å². The fraction of sp³-hybridized carbons (Fsp3) is 0.647. The van der Waals surface area contributed by atoms with E-state index in [0.29, 0.717) is 0 Å². The first-order chi connectivity index (χ1) is 9.33. The topological polar surface area (TPSA) is 30.5 Å². The molecule has 20 heavy (non-hydrogen) atoms. The second-order valence-corrected chi connectivity index (χ2v) is 6.82. The van der Waals surface area contributed by atoms with Gasteiger partial charge in [-0.15, -0.1) is 0 Å². The Balaban J connectivity index is 2.10. The molecule has 0 saturated heterocycles. The summed E-state index contributed by atoms with van der Waals surface area (Å²) < 4.78 is 12.2. The Morgan fingerprint density at radius 3 is 2.80 bits per heavy atom. The fourth-order valence-electron chi connectivity index (χ4n) is 2.57. The number of rotatable bonds is 6. The van der Waals surface area contributed by atoms with E-state index in [1.165, 1.54) is 5.56 Å². The molecular formula is C17H27NO2. The van der Waals surface area contributed by atoms with E-state index in [-0.39, 0.29) is 11.2 Å². The summed E-state index contributed by atoms with van der Waals surface area (Å²) in [5.74, 6) is 1.78. The molecule has 0 aromatic heterocycles. The van der Waals surface area contributed by atoms with Crippen molar-refractivity contribution >= 4 is 0 Å². The van der Waals surface area contributed by atoms with Crippen LogP contribution in [0, 0.1) is 0 Å². The molecular weight excluding hydrogens is 250 g/mol. The largest absolute Gasteiger partial charge is 0.483 e. The molecule has 0 spiro atoms. The molecule has 1 aliphatic heterocycles. The summed E-state index contributed by atoms with van der Waals surface area (Å²) in [6.07, 6.45) is 2.07. The van der Waals surface area contributed by atoms with Crippen LogP contribution in [-0.2, 0) is 6.42 Å². The van der Waals surface area contributed by atoms with Gasteiger partial charge in [0, 0.05) is 18.5 Å². The van der Waals surface area contributed by atoms with Crippen molar-refractivity contribution in [3.8, 4) is 11.5 Å². The van der Waals surface area contributed by atoms with Crippen LogP contribution in [0.3, 0.4) is 0 Å². The zero-order chi connectivity index (χ0) is 14.8. The van der Waals surface area contributed by atoms with Gasteiger partial charge in [0.25, 0.3) is 0 Å². The summed E-state index contributed by atoms with van der Waals surface area (Å²) in [5.41, 5.74) is 0.858. The Labute approximate surface area is 122 Å². The van der Waals surface area contributed by atoms with Gasteiger partial charge in [-0.25, -0.2) is 0 Å². The summed E-state index contributed by atoms with van der Waals surface area (Å²) in [6.45, 7) is 12.5. The van der Waals surface area contributed by atoms with E-state index in [0.717, 1.165) is 37.4 Å². The molecule has 3 nitrogen and oxygen atoms in total. The zero-order valence-electron chi connectivity index (χ0n) is 13.4. The third kappa shape index (κ3) is 3.66. The van der Waals surface area contributed by atoms with Crippen molar-refractivity contribution < 1.29 is 9.47 Å². The van der Waals surface area contributed by atoms with Crippen molar-refractivity contribution in [1.82, 2.24) is 5.32 Å². The number of ether oxygens (including phenoxy) is 2. The molecule has 1 heterocycles. The van der Waals surface area contributed by atoms with E-state index in [1.807, 2.05) is 6.07 Å². The Hall–Kier alpha value is -1.22. The lowest BCUT2D eigenvalue weighted by Gasteiger charge is -2.28. The van der Waals surface area contributed by atoms with E-state index in [9.17, 15) is 0 Å². The van der Waals surface area contributed by atoms with Crippen LogP contribution >= 0.6 is 0 Å². The number of para-hydroxylation sites is 1. The molecule has 3 heteroatoms. The van der Waals surface area contributed by atoms with Crippen LogP contribution in [0.5, 0.6) is 11.5 Å². The van der Waals surface area contributed by atoms with Crippen LogP contribution in [-0.4, -0.2) is 24.3 Å². The first-order valence-electron chi connectivity index (χ1n) is 7.54. The Morgan fingerprint density at radius 1 is 1.35 bits per heavy atom. The Bertz CT molecular complexity index is 466. The Kier molecular flexibility index (Phi) is 4.28. The highest BCUT2D eigenvalue weighted by Crippen LogP contribution is 2.42. The molecule has 0 bridgehead atoms. The second kappa shape index (κ2) is 5.65. The molecule has 1 N–H and O–H groups in total. The number of benzene rings is 1. The van der Waals surface area contributed by atoms with Crippen molar-refractivity contribution in [1.29, 1.82) is 0 Å². The zero-order valence-corrected chi connectivity index (χ0v) is 13.4. The highest BCUT2D eigenvalue weighted by molar-refractivity contribution is 5.50. The molecule has 1 aliphatic rings. The highest BCUT2D eigenvalue weighted by Gasteiger charge is 2.33. The van der Waals surface area contributed by atoms with Crippen molar-refractivity contribution in [2.45, 2.75) is 58.7 Å². The van der Waals surface area contributed by atoms with Gasteiger partial charge in [0.2, 0.25) is 0 Å². The minimum absolute atomic E-state index is 0.133. The third-order valence-electron chi connectivity index (χ3n) is 3.42. The van der Waals surface area contributed by atoms with Crippen LogP contribution in [0.15, 0.2) is 18.2 Å². The molecule has 112 valence electrons. The Morgan fingerprint density at radius 2 is 2.10 bits per heavy atom. The number of nitrogens with one attached hydrogen (secondary N) is 1. The van der Waals surface area contributed by atoms with Gasteiger partial charge in [0.15, 0.2) is 11.5 Å². The van der Waals surface area contributed by atoms with Gasteiger partial charge >= 0.3 is 0 Å². The maximum atomic E-state index is 6.20. The predicted octanol–water partition coefficient (Wildman–Crippen LogP) is 3.56. The van der Waals surface area contributed by atoms with Crippen molar-refractivity contribution in [2.24, 2.45) is 0 Å². The summed E-state index contributed by atoms with van der Waals surface area (Å²) in [4.78, 5) is 0. The van der Waals surface area contributed by atoms with Gasteiger partial charge in [-0.1, -0.05) is 19.1 Å². The number of fused-ring (bicyclic) bond motifs is 1. The second-order valence-electron chi connectivity index (χ2n) is 6.82. The number of hydrogen-bond donors (Lipinski definition) is 1. The van der Waals surface area contributed by atoms with E-state index in [2.05, 4.69) is 52.1 Å². The summed E-state index contributed by atoms with van der Waals surface area (Å²) in [7, 11) is 0. The SMILES string of the molecule is CCCNCC(C)(C)Oc1cccc2c1OC(C)(C)C2. The normalized spacial score (nSPS) is 16.6. The molecule has 0 amide bonds. The van der Waals surface area contributed by atoms with Gasteiger partial charge in [-0.3, -0.25) is 0 Å². The average Bonchev–Trinajstić information content (AvgIpc) is 2.64. The fourth-order valence-corrected chi connectivity index (χ4v) is 2.57. The lowest BCUT2D eigenvalue weighted by molar-refractivity contribution is 0.0895. The molecule has 2 rings (SSSR count). The molecule has 0 atom stereocenters. The third-order valence-corrected chi connectivity index (χ3v) is 3.42. The smallest absolute Gasteiger partial charge is 0.165 e. The molecule has 1 aromatic carbocycles. The van der Waals surface area contributed by atoms with Crippen LogP contribution in [0.2, 0.25) is 0 Å². The summed E-state index contributed by atoms with van der Waals surface area (Å²) in [5, 5.41) is 3.41. The molecule has 1 aromatic rings. The van der Waals surface area contributed by atoms with Gasteiger partial charge in [0.05, 0.1) is 0 Å². The van der Waals surface area contributed by atoms with Gasteiger partial charge in [-0.05, 0) is 46.7 Å².